The molecule has 18 heavy (non-hydrogen) atoms. The van der Waals surface area contributed by atoms with Crippen molar-refractivity contribution in [3.8, 4) is 0 Å². The number of rotatable bonds is 2. The summed E-state index contributed by atoms with van der Waals surface area (Å²) in [5.41, 5.74) is 8.06. The van der Waals surface area contributed by atoms with Gasteiger partial charge in [-0.15, -0.1) is 0 Å². The van der Waals surface area contributed by atoms with Crippen LogP contribution in [-0.4, -0.2) is 5.92 Å². The summed E-state index contributed by atoms with van der Waals surface area (Å²) in [6.45, 7) is 4.22. The van der Waals surface area contributed by atoms with Gasteiger partial charge in [0.15, 0.2) is 0 Å². The van der Waals surface area contributed by atoms with Crippen LogP contribution < -0.4 is 5.73 Å². The Balaban J connectivity index is 2.31. The molecule has 0 bridgehead atoms. The minimum absolute atomic E-state index is 0.101. The third kappa shape index (κ3) is 2.56. The maximum Gasteiger partial charge on any atom is 0.248 e. The summed E-state index contributed by atoms with van der Waals surface area (Å²) in [6.07, 6.45) is 0.527. The lowest BCUT2D eigenvalue weighted by atomic mass is 9.73. The molecule has 1 aromatic rings. The Bertz CT molecular complexity index is 416. The predicted octanol–water partition coefficient (Wildman–Crippen LogP) is 4.17. The quantitative estimate of drug-likeness (QED) is 0.841. The van der Waals surface area contributed by atoms with E-state index >= 15 is 0 Å². The predicted molar refractivity (Wildman–Crippen MR) is 69.8 cm³/mol. The third-order valence-corrected chi connectivity index (χ3v) is 3.99. The normalized spacial score (nSPS) is 22.1. The SMILES string of the molecule is CC(C)c1ccccc1C1(N)CCC(F)(F)CC1. The van der Waals surface area contributed by atoms with Gasteiger partial charge in [-0.2, -0.15) is 0 Å². The van der Waals surface area contributed by atoms with Crippen LogP contribution in [0.5, 0.6) is 0 Å². The van der Waals surface area contributed by atoms with E-state index in [9.17, 15) is 8.78 Å². The Morgan fingerprint density at radius 3 is 2.17 bits per heavy atom. The number of nitrogens with two attached hydrogens (primary N) is 1. The molecule has 0 amide bonds. The lowest BCUT2D eigenvalue weighted by Gasteiger charge is -2.39. The Kier molecular flexibility index (Phi) is 3.45. The van der Waals surface area contributed by atoms with Crippen molar-refractivity contribution in [1.29, 1.82) is 0 Å². The van der Waals surface area contributed by atoms with E-state index in [4.69, 9.17) is 5.73 Å². The highest BCUT2D eigenvalue weighted by Crippen LogP contribution is 2.43. The molecule has 1 aliphatic rings. The van der Waals surface area contributed by atoms with E-state index in [-0.39, 0.29) is 12.8 Å². The Hall–Kier alpha value is -0.960. The Morgan fingerprint density at radius 2 is 1.61 bits per heavy atom. The molecular weight excluding hydrogens is 232 g/mol. The van der Waals surface area contributed by atoms with Gasteiger partial charge in [-0.1, -0.05) is 38.1 Å². The largest absolute Gasteiger partial charge is 0.321 e. The second kappa shape index (κ2) is 4.61. The first-order valence-electron chi connectivity index (χ1n) is 6.60. The fourth-order valence-electron chi connectivity index (χ4n) is 2.79. The molecule has 2 N–H and O–H groups in total. The smallest absolute Gasteiger partial charge is 0.248 e. The first-order valence-corrected chi connectivity index (χ1v) is 6.60. The van der Waals surface area contributed by atoms with Gasteiger partial charge in [0.25, 0.3) is 0 Å². The molecule has 0 atom stereocenters. The first kappa shape index (κ1) is 13.5. The van der Waals surface area contributed by atoms with Crippen molar-refractivity contribution >= 4 is 0 Å². The van der Waals surface area contributed by atoms with Gasteiger partial charge < -0.3 is 5.73 Å². The highest BCUT2D eigenvalue weighted by atomic mass is 19.3. The third-order valence-electron chi connectivity index (χ3n) is 3.99. The molecule has 1 saturated carbocycles. The van der Waals surface area contributed by atoms with E-state index in [2.05, 4.69) is 19.9 Å². The van der Waals surface area contributed by atoms with Crippen LogP contribution >= 0.6 is 0 Å². The molecule has 0 spiro atoms. The van der Waals surface area contributed by atoms with Crippen molar-refractivity contribution in [3.63, 3.8) is 0 Å². The number of benzene rings is 1. The summed E-state index contributed by atoms with van der Waals surface area (Å²) >= 11 is 0. The zero-order valence-electron chi connectivity index (χ0n) is 11.0. The second-order valence-electron chi connectivity index (χ2n) is 5.75. The van der Waals surface area contributed by atoms with Crippen LogP contribution in [0.3, 0.4) is 0 Å². The molecule has 0 aromatic heterocycles. The zero-order chi connectivity index (χ0) is 13.4. The maximum atomic E-state index is 13.3. The molecule has 1 aromatic carbocycles. The van der Waals surface area contributed by atoms with Gasteiger partial charge in [-0.3, -0.25) is 0 Å². The van der Waals surface area contributed by atoms with Gasteiger partial charge in [-0.25, -0.2) is 8.78 Å². The molecule has 0 unspecified atom stereocenters. The lowest BCUT2D eigenvalue weighted by Crippen LogP contribution is -2.44. The van der Waals surface area contributed by atoms with E-state index in [0.717, 1.165) is 5.56 Å². The molecule has 1 nitrogen and oxygen atoms in total. The van der Waals surface area contributed by atoms with E-state index in [1.807, 2.05) is 18.2 Å². The zero-order valence-corrected chi connectivity index (χ0v) is 11.0. The van der Waals surface area contributed by atoms with Crippen LogP contribution in [-0.2, 0) is 5.54 Å². The molecule has 0 aliphatic heterocycles. The van der Waals surface area contributed by atoms with E-state index < -0.39 is 11.5 Å². The molecule has 1 aliphatic carbocycles. The Morgan fingerprint density at radius 1 is 1.06 bits per heavy atom. The summed E-state index contributed by atoms with van der Waals surface area (Å²) in [5.74, 6) is -2.17. The van der Waals surface area contributed by atoms with E-state index in [1.54, 1.807) is 0 Å². The summed E-state index contributed by atoms with van der Waals surface area (Å²) in [5, 5.41) is 0. The van der Waals surface area contributed by atoms with Gasteiger partial charge >= 0.3 is 0 Å². The molecular formula is C15H21F2N. The molecule has 0 saturated heterocycles. The molecule has 0 radical (unpaired) electrons. The second-order valence-corrected chi connectivity index (χ2v) is 5.75. The van der Waals surface area contributed by atoms with Gasteiger partial charge in [-0.05, 0) is 29.9 Å². The van der Waals surface area contributed by atoms with Gasteiger partial charge in [0.2, 0.25) is 5.92 Å². The van der Waals surface area contributed by atoms with Crippen LogP contribution in [0, 0.1) is 0 Å². The topological polar surface area (TPSA) is 26.0 Å². The van der Waals surface area contributed by atoms with Gasteiger partial charge in [0.05, 0.1) is 0 Å². The van der Waals surface area contributed by atoms with Crippen LogP contribution in [0.2, 0.25) is 0 Å². The molecule has 3 heteroatoms. The average molecular weight is 253 g/mol. The maximum absolute atomic E-state index is 13.3. The first-order chi connectivity index (χ1) is 8.34. The average Bonchev–Trinajstić information content (AvgIpc) is 2.33. The monoisotopic (exact) mass is 253 g/mol. The van der Waals surface area contributed by atoms with Crippen molar-refractivity contribution in [2.75, 3.05) is 0 Å². The van der Waals surface area contributed by atoms with Gasteiger partial charge in [0, 0.05) is 18.4 Å². The standard InChI is InChI=1S/C15H21F2N/c1-11(2)12-5-3-4-6-13(12)14(18)7-9-15(16,17)10-8-14/h3-6,11H,7-10,18H2,1-2H3. The van der Waals surface area contributed by atoms with Crippen molar-refractivity contribution in [3.05, 3.63) is 35.4 Å². The summed E-state index contributed by atoms with van der Waals surface area (Å²) in [7, 11) is 0. The lowest BCUT2D eigenvalue weighted by molar-refractivity contribution is -0.0515. The minimum Gasteiger partial charge on any atom is -0.321 e. The fourth-order valence-corrected chi connectivity index (χ4v) is 2.79. The molecule has 0 heterocycles. The van der Waals surface area contributed by atoms with Crippen molar-refractivity contribution < 1.29 is 8.78 Å². The number of hydrogen-bond acceptors (Lipinski definition) is 1. The van der Waals surface area contributed by atoms with E-state index in [1.165, 1.54) is 5.56 Å². The van der Waals surface area contributed by atoms with Crippen molar-refractivity contribution in [1.82, 2.24) is 0 Å². The summed E-state index contributed by atoms with van der Waals surface area (Å²) in [6, 6.07) is 7.99. The van der Waals surface area contributed by atoms with Crippen molar-refractivity contribution in [2.45, 2.75) is 56.9 Å². The van der Waals surface area contributed by atoms with Gasteiger partial charge in [0.1, 0.15) is 0 Å². The number of hydrogen-bond donors (Lipinski definition) is 1. The van der Waals surface area contributed by atoms with E-state index in [0.29, 0.717) is 18.8 Å². The Labute approximate surface area is 107 Å². The van der Waals surface area contributed by atoms with Crippen molar-refractivity contribution in [2.24, 2.45) is 5.73 Å². The highest BCUT2D eigenvalue weighted by molar-refractivity contribution is 5.36. The molecule has 2 rings (SSSR count). The molecule has 1 fully saturated rings. The van der Waals surface area contributed by atoms with Crippen LogP contribution in [0.4, 0.5) is 8.78 Å². The minimum atomic E-state index is -2.53. The number of alkyl halides is 2. The summed E-state index contributed by atoms with van der Waals surface area (Å²) in [4.78, 5) is 0. The summed E-state index contributed by atoms with van der Waals surface area (Å²) < 4.78 is 26.5. The van der Waals surface area contributed by atoms with Crippen LogP contribution in [0.1, 0.15) is 56.6 Å². The molecule has 100 valence electrons. The highest BCUT2D eigenvalue weighted by Gasteiger charge is 2.42. The van der Waals surface area contributed by atoms with Crippen LogP contribution in [0.25, 0.3) is 0 Å². The number of halogens is 2. The van der Waals surface area contributed by atoms with Crippen LogP contribution in [0.15, 0.2) is 24.3 Å². The fraction of sp³-hybridized carbons (Fsp3) is 0.600.